The maximum Gasteiger partial charge on any atom is 0.137 e. The van der Waals surface area contributed by atoms with Gasteiger partial charge in [0.25, 0.3) is 0 Å². The van der Waals surface area contributed by atoms with Gasteiger partial charge in [-0.25, -0.2) is 0 Å². The van der Waals surface area contributed by atoms with Crippen LogP contribution in [0.1, 0.15) is 30.1 Å². The van der Waals surface area contributed by atoms with Gasteiger partial charge in [0.1, 0.15) is 11.3 Å². The summed E-state index contributed by atoms with van der Waals surface area (Å²) < 4.78 is 5.82. The molecule has 0 aliphatic heterocycles. The first-order valence-electron chi connectivity index (χ1n) is 5.03. The Hall–Kier alpha value is -1.44. The Morgan fingerprint density at radius 1 is 1.29 bits per heavy atom. The number of rotatable bonds is 1. The van der Waals surface area contributed by atoms with Crippen LogP contribution >= 0.6 is 0 Å². The van der Waals surface area contributed by atoms with Crippen molar-refractivity contribution in [2.45, 2.75) is 25.7 Å². The standard InChI is InChI=1S/C12H13NO/c1-7-4-10(13)5-9-6-11(8-2-3-8)14-12(7)9/h4-6,8H,2-3,13H2,1H3. The fourth-order valence-electron chi connectivity index (χ4n) is 1.95. The number of nitrogen functional groups attached to an aromatic ring is 1. The van der Waals surface area contributed by atoms with Gasteiger partial charge in [-0.1, -0.05) is 0 Å². The molecule has 0 amide bonds. The maximum atomic E-state index is 5.82. The number of anilines is 1. The van der Waals surface area contributed by atoms with E-state index in [0.29, 0.717) is 5.92 Å². The van der Waals surface area contributed by atoms with Crippen LogP contribution in [-0.4, -0.2) is 0 Å². The fourth-order valence-corrected chi connectivity index (χ4v) is 1.95. The van der Waals surface area contributed by atoms with Crippen molar-refractivity contribution in [1.29, 1.82) is 0 Å². The number of benzene rings is 1. The molecule has 2 aromatic rings. The van der Waals surface area contributed by atoms with Gasteiger partial charge in [0.2, 0.25) is 0 Å². The average Bonchev–Trinajstić information content (AvgIpc) is 2.87. The molecule has 0 radical (unpaired) electrons. The molecular weight excluding hydrogens is 174 g/mol. The van der Waals surface area contributed by atoms with Gasteiger partial charge in [0.15, 0.2) is 0 Å². The van der Waals surface area contributed by atoms with E-state index >= 15 is 0 Å². The highest BCUT2D eigenvalue weighted by Gasteiger charge is 2.27. The zero-order chi connectivity index (χ0) is 9.71. The lowest BCUT2D eigenvalue weighted by Gasteiger charge is -1.96. The number of nitrogens with two attached hydrogens (primary N) is 1. The Balaban J connectivity index is 2.26. The first-order valence-corrected chi connectivity index (χ1v) is 5.03. The van der Waals surface area contributed by atoms with Crippen molar-refractivity contribution in [2.24, 2.45) is 0 Å². The van der Waals surface area contributed by atoms with E-state index in [1.165, 1.54) is 12.8 Å². The maximum absolute atomic E-state index is 5.82. The molecule has 1 aromatic carbocycles. The molecular formula is C12H13NO. The number of aryl methyl sites for hydroxylation is 1. The molecule has 1 aliphatic rings. The Bertz CT molecular complexity index is 494. The smallest absolute Gasteiger partial charge is 0.137 e. The molecule has 1 saturated carbocycles. The van der Waals surface area contributed by atoms with Crippen molar-refractivity contribution < 1.29 is 4.42 Å². The van der Waals surface area contributed by atoms with Crippen LogP contribution in [0, 0.1) is 6.92 Å². The van der Waals surface area contributed by atoms with Crippen LogP contribution in [0.25, 0.3) is 11.0 Å². The van der Waals surface area contributed by atoms with Crippen molar-refractivity contribution in [3.8, 4) is 0 Å². The minimum Gasteiger partial charge on any atom is -0.461 e. The Kier molecular flexibility index (Phi) is 1.43. The van der Waals surface area contributed by atoms with Gasteiger partial charge in [0, 0.05) is 17.0 Å². The third-order valence-corrected chi connectivity index (χ3v) is 2.82. The van der Waals surface area contributed by atoms with Crippen molar-refractivity contribution in [3.63, 3.8) is 0 Å². The minimum absolute atomic E-state index is 0.669. The Morgan fingerprint density at radius 3 is 2.79 bits per heavy atom. The molecule has 2 N–H and O–H groups in total. The summed E-state index contributed by atoms with van der Waals surface area (Å²) >= 11 is 0. The van der Waals surface area contributed by atoms with Crippen molar-refractivity contribution in [1.82, 2.24) is 0 Å². The second-order valence-corrected chi connectivity index (χ2v) is 4.18. The van der Waals surface area contributed by atoms with E-state index in [0.717, 1.165) is 28.0 Å². The van der Waals surface area contributed by atoms with Gasteiger partial charge in [-0.05, 0) is 43.5 Å². The van der Waals surface area contributed by atoms with Gasteiger partial charge in [-0.15, -0.1) is 0 Å². The van der Waals surface area contributed by atoms with Crippen LogP contribution in [0.2, 0.25) is 0 Å². The quantitative estimate of drug-likeness (QED) is 0.696. The molecule has 0 bridgehead atoms. The highest BCUT2D eigenvalue weighted by molar-refractivity contribution is 5.84. The zero-order valence-electron chi connectivity index (χ0n) is 8.21. The molecule has 0 unspecified atom stereocenters. The molecule has 2 heteroatoms. The van der Waals surface area contributed by atoms with Crippen LogP contribution in [0.5, 0.6) is 0 Å². The predicted octanol–water partition coefficient (Wildman–Crippen LogP) is 3.20. The molecule has 3 rings (SSSR count). The Morgan fingerprint density at radius 2 is 2.07 bits per heavy atom. The minimum atomic E-state index is 0.669. The molecule has 1 fully saturated rings. The van der Waals surface area contributed by atoms with E-state index in [4.69, 9.17) is 10.2 Å². The van der Waals surface area contributed by atoms with Crippen LogP contribution in [-0.2, 0) is 0 Å². The molecule has 14 heavy (non-hydrogen) atoms. The topological polar surface area (TPSA) is 39.2 Å². The lowest BCUT2D eigenvalue weighted by atomic mass is 10.1. The summed E-state index contributed by atoms with van der Waals surface area (Å²) in [4.78, 5) is 0. The number of fused-ring (bicyclic) bond motifs is 1. The van der Waals surface area contributed by atoms with Crippen LogP contribution in [0.4, 0.5) is 5.69 Å². The fraction of sp³-hybridized carbons (Fsp3) is 0.333. The van der Waals surface area contributed by atoms with E-state index in [-0.39, 0.29) is 0 Å². The highest BCUT2D eigenvalue weighted by Crippen LogP contribution is 2.42. The normalized spacial score (nSPS) is 16.4. The van der Waals surface area contributed by atoms with E-state index in [1.807, 2.05) is 19.1 Å². The molecule has 0 saturated heterocycles. The number of furan rings is 1. The summed E-state index contributed by atoms with van der Waals surface area (Å²) in [6, 6.07) is 6.08. The predicted molar refractivity (Wildman–Crippen MR) is 57.3 cm³/mol. The van der Waals surface area contributed by atoms with Gasteiger partial charge < -0.3 is 10.2 Å². The van der Waals surface area contributed by atoms with Crippen molar-refractivity contribution >= 4 is 16.7 Å². The Labute approximate surface area is 82.7 Å². The van der Waals surface area contributed by atoms with Gasteiger partial charge in [-0.2, -0.15) is 0 Å². The first-order chi connectivity index (χ1) is 6.74. The molecule has 1 aliphatic carbocycles. The molecule has 0 atom stereocenters. The summed E-state index contributed by atoms with van der Waals surface area (Å²) in [6.45, 7) is 2.04. The number of hydrogen-bond donors (Lipinski definition) is 1. The lowest BCUT2D eigenvalue weighted by Crippen LogP contribution is -1.84. The number of hydrogen-bond acceptors (Lipinski definition) is 2. The largest absolute Gasteiger partial charge is 0.461 e. The van der Waals surface area contributed by atoms with E-state index in [1.54, 1.807) is 0 Å². The SMILES string of the molecule is Cc1cc(N)cc2cc(C3CC3)oc12. The summed E-state index contributed by atoms with van der Waals surface area (Å²) in [5.74, 6) is 1.80. The van der Waals surface area contributed by atoms with Crippen molar-refractivity contribution in [2.75, 3.05) is 5.73 Å². The molecule has 1 heterocycles. The molecule has 1 aromatic heterocycles. The first kappa shape index (κ1) is 7.92. The van der Waals surface area contributed by atoms with E-state index in [9.17, 15) is 0 Å². The van der Waals surface area contributed by atoms with Crippen molar-refractivity contribution in [3.05, 3.63) is 29.5 Å². The summed E-state index contributed by atoms with van der Waals surface area (Å²) in [5, 5.41) is 1.14. The monoisotopic (exact) mass is 187 g/mol. The molecule has 72 valence electrons. The molecule has 2 nitrogen and oxygen atoms in total. The lowest BCUT2D eigenvalue weighted by molar-refractivity contribution is 0.550. The van der Waals surface area contributed by atoms with Gasteiger partial charge in [-0.3, -0.25) is 0 Å². The van der Waals surface area contributed by atoms with E-state index < -0.39 is 0 Å². The third-order valence-electron chi connectivity index (χ3n) is 2.82. The van der Waals surface area contributed by atoms with Crippen LogP contribution in [0.15, 0.2) is 22.6 Å². The summed E-state index contributed by atoms with van der Waals surface area (Å²) in [7, 11) is 0. The van der Waals surface area contributed by atoms with E-state index in [2.05, 4.69) is 6.07 Å². The average molecular weight is 187 g/mol. The van der Waals surface area contributed by atoms with Gasteiger partial charge in [0.05, 0.1) is 0 Å². The van der Waals surface area contributed by atoms with Crippen LogP contribution in [0.3, 0.4) is 0 Å². The second-order valence-electron chi connectivity index (χ2n) is 4.18. The van der Waals surface area contributed by atoms with Gasteiger partial charge >= 0.3 is 0 Å². The zero-order valence-corrected chi connectivity index (χ0v) is 8.21. The molecule has 0 spiro atoms. The van der Waals surface area contributed by atoms with Crippen LogP contribution < -0.4 is 5.73 Å². The third kappa shape index (κ3) is 1.10. The highest BCUT2D eigenvalue weighted by atomic mass is 16.3. The summed E-state index contributed by atoms with van der Waals surface area (Å²) in [6.07, 6.45) is 2.54. The second kappa shape index (κ2) is 2.53. The summed E-state index contributed by atoms with van der Waals surface area (Å²) in [5.41, 5.74) is 8.73.